The predicted molar refractivity (Wildman–Crippen MR) is 73.1 cm³/mol. The Morgan fingerprint density at radius 1 is 1.11 bits per heavy atom. The van der Waals surface area contributed by atoms with E-state index in [0.29, 0.717) is 16.2 Å². The lowest BCUT2D eigenvalue weighted by molar-refractivity contribution is 0.103. The second-order valence-corrected chi connectivity index (χ2v) is 5.00. The Balaban J connectivity index is 2.56. The molecule has 98 valence electrons. The lowest BCUT2D eigenvalue weighted by atomic mass is 10.0. The summed E-state index contributed by atoms with van der Waals surface area (Å²) in [5.74, 6) is -2.11. The summed E-state index contributed by atoms with van der Waals surface area (Å²) < 4.78 is 27.4. The Bertz CT molecular complexity index is 671. The van der Waals surface area contributed by atoms with Gasteiger partial charge in [0.05, 0.1) is 5.56 Å². The number of nitrogens with two attached hydrogens (primary N) is 1. The summed E-state index contributed by atoms with van der Waals surface area (Å²) in [5, 5.41) is 0. The third-order valence-corrected chi connectivity index (χ3v) is 3.42. The van der Waals surface area contributed by atoms with Crippen molar-refractivity contribution in [3.05, 3.63) is 63.1 Å². The van der Waals surface area contributed by atoms with E-state index in [9.17, 15) is 13.6 Å². The van der Waals surface area contributed by atoms with Gasteiger partial charge in [0.25, 0.3) is 0 Å². The highest BCUT2D eigenvalue weighted by molar-refractivity contribution is 9.10. The van der Waals surface area contributed by atoms with E-state index in [-0.39, 0.29) is 16.7 Å². The van der Waals surface area contributed by atoms with Crippen LogP contribution in [-0.4, -0.2) is 5.78 Å². The molecule has 0 aliphatic rings. The van der Waals surface area contributed by atoms with Gasteiger partial charge in [-0.25, -0.2) is 8.78 Å². The highest BCUT2D eigenvalue weighted by atomic mass is 79.9. The van der Waals surface area contributed by atoms with Crippen molar-refractivity contribution in [2.75, 3.05) is 5.73 Å². The molecule has 2 aromatic carbocycles. The van der Waals surface area contributed by atoms with Gasteiger partial charge in [0.15, 0.2) is 5.78 Å². The molecule has 0 unspecified atom stereocenters. The van der Waals surface area contributed by atoms with Gasteiger partial charge in [-0.3, -0.25) is 4.79 Å². The monoisotopic (exact) mass is 325 g/mol. The molecule has 0 amide bonds. The zero-order valence-corrected chi connectivity index (χ0v) is 11.6. The number of anilines is 1. The van der Waals surface area contributed by atoms with Crippen LogP contribution in [0, 0.1) is 18.6 Å². The molecule has 2 rings (SSSR count). The van der Waals surface area contributed by atoms with Gasteiger partial charge in [0.1, 0.15) is 11.6 Å². The maximum absolute atomic E-state index is 13.7. The third-order valence-electron chi connectivity index (χ3n) is 2.73. The molecule has 0 bridgehead atoms. The molecule has 0 saturated heterocycles. The van der Waals surface area contributed by atoms with Crippen molar-refractivity contribution in [1.82, 2.24) is 0 Å². The molecule has 19 heavy (non-hydrogen) atoms. The molecule has 0 aliphatic heterocycles. The highest BCUT2D eigenvalue weighted by Gasteiger charge is 2.18. The molecule has 2 aromatic rings. The van der Waals surface area contributed by atoms with E-state index in [0.717, 1.165) is 0 Å². The average molecular weight is 326 g/mol. The summed E-state index contributed by atoms with van der Waals surface area (Å²) in [6.45, 7) is 1.47. The van der Waals surface area contributed by atoms with Crippen molar-refractivity contribution in [3.63, 3.8) is 0 Å². The van der Waals surface area contributed by atoms with Crippen LogP contribution in [0.15, 0.2) is 34.8 Å². The average Bonchev–Trinajstić information content (AvgIpc) is 2.36. The zero-order chi connectivity index (χ0) is 14.2. The largest absolute Gasteiger partial charge is 0.399 e. The molecule has 0 aliphatic carbocycles. The number of aryl methyl sites for hydroxylation is 1. The Hall–Kier alpha value is -1.75. The molecular formula is C14H10BrF2NO. The van der Waals surface area contributed by atoms with E-state index < -0.39 is 17.4 Å². The number of carbonyl (C=O) groups is 1. The van der Waals surface area contributed by atoms with Crippen LogP contribution in [0.25, 0.3) is 0 Å². The first-order valence-corrected chi connectivity index (χ1v) is 6.25. The van der Waals surface area contributed by atoms with E-state index >= 15 is 0 Å². The SMILES string of the molecule is Cc1cc(C(=O)c2cc(N)ccc2Br)c(F)cc1F. The molecule has 0 aromatic heterocycles. The Kier molecular flexibility index (Phi) is 3.66. The first kappa shape index (κ1) is 13.7. The Morgan fingerprint density at radius 2 is 1.79 bits per heavy atom. The van der Waals surface area contributed by atoms with E-state index in [1.165, 1.54) is 19.1 Å². The van der Waals surface area contributed by atoms with Crippen LogP contribution in [0.5, 0.6) is 0 Å². The van der Waals surface area contributed by atoms with Crippen LogP contribution in [0.3, 0.4) is 0 Å². The number of hydrogen-bond acceptors (Lipinski definition) is 2. The summed E-state index contributed by atoms with van der Waals surface area (Å²) in [4.78, 5) is 12.3. The summed E-state index contributed by atoms with van der Waals surface area (Å²) in [5.41, 5.74) is 6.28. The summed E-state index contributed by atoms with van der Waals surface area (Å²) in [7, 11) is 0. The predicted octanol–water partition coefficient (Wildman–Crippen LogP) is 3.85. The van der Waals surface area contributed by atoms with Crippen molar-refractivity contribution in [2.45, 2.75) is 6.92 Å². The van der Waals surface area contributed by atoms with E-state index in [1.54, 1.807) is 12.1 Å². The molecular weight excluding hydrogens is 316 g/mol. The number of carbonyl (C=O) groups excluding carboxylic acids is 1. The van der Waals surface area contributed by atoms with Gasteiger partial charge in [0, 0.05) is 21.8 Å². The van der Waals surface area contributed by atoms with Crippen molar-refractivity contribution >= 4 is 27.4 Å². The van der Waals surface area contributed by atoms with Gasteiger partial charge >= 0.3 is 0 Å². The minimum absolute atomic E-state index is 0.176. The number of benzene rings is 2. The number of nitrogen functional groups attached to an aromatic ring is 1. The fraction of sp³-hybridized carbons (Fsp3) is 0.0714. The number of rotatable bonds is 2. The second-order valence-electron chi connectivity index (χ2n) is 4.15. The molecule has 0 saturated carbocycles. The van der Waals surface area contributed by atoms with Crippen molar-refractivity contribution in [3.8, 4) is 0 Å². The zero-order valence-electron chi connectivity index (χ0n) is 10.0. The quantitative estimate of drug-likeness (QED) is 0.673. The van der Waals surface area contributed by atoms with Crippen LogP contribution in [0.4, 0.5) is 14.5 Å². The number of halogens is 3. The normalized spacial score (nSPS) is 10.5. The smallest absolute Gasteiger partial charge is 0.197 e. The van der Waals surface area contributed by atoms with Crippen LogP contribution in [-0.2, 0) is 0 Å². The van der Waals surface area contributed by atoms with Crippen LogP contribution in [0.2, 0.25) is 0 Å². The maximum atomic E-state index is 13.7. The lowest BCUT2D eigenvalue weighted by Gasteiger charge is -2.07. The number of ketones is 1. The van der Waals surface area contributed by atoms with E-state index in [4.69, 9.17) is 5.73 Å². The summed E-state index contributed by atoms with van der Waals surface area (Å²) in [6, 6.07) is 6.58. The molecule has 5 heteroatoms. The first-order valence-electron chi connectivity index (χ1n) is 5.45. The van der Waals surface area contributed by atoms with Gasteiger partial charge in [-0.15, -0.1) is 0 Å². The highest BCUT2D eigenvalue weighted by Crippen LogP contribution is 2.24. The third kappa shape index (κ3) is 2.66. The van der Waals surface area contributed by atoms with Crippen LogP contribution >= 0.6 is 15.9 Å². The van der Waals surface area contributed by atoms with Gasteiger partial charge in [0.2, 0.25) is 0 Å². The van der Waals surface area contributed by atoms with Crippen molar-refractivity contribution in [1.29, 1.82) is 0 Å². The van der Waals surface area contributed by atoms with Gasteiger partial charge in [-0.2, -0.15) is 0 Å². The Labute approximate surface area is 117 Å². The molecule has 0 atom stereocenters. The molecule has 0 radical (unpaired) electrons. The Morgan fingerprint density at radius 3 is 2.47 bits per heavy atom. The first-order chi connectivity index (χ1) is 8.90. The lowest BCUT2D eigenvalue weighted by Crippen LogP contribution is -2.07. The van der Waals surface area contributed by atoms with E-state index in [2.05, 4.69) is 15.9 Å². The molecule has 2 N–H and O–H groups in total. The van der Waals surface area contributed by atoms with Crippen LogP contribution < -0.4 is 5.73 Å². The maximum Gasteiger partial charge on any atom is 0.197 e. The minimum atomic E-state index is -0.887. The minimum Gasteiger partial charge on any atom is -0.399 e. The van der Waals surface area contributed by atoms with E-state index in [1.807, 2.05) is 0 Å². The fourth-order valence-electron chi connectivity index (χ4n) is 1.69. The fourth-order valence-corrected chi connectivity index (χ4v) is 2.12. The molecule has 0 heterocycles. The molecule has 0 spiro atoms. The summed E-state index contributed by atoms with van der Waals surface area (Å²) in [6.07, 6.45) is 0. The van der Waals surface area contributed by atoms with Gasteiger partial charge in [-0.1, -0.05) is 15.9 Å². The number of hydrogen-bond donors (Lipinski definition) is 1. The van der Waals surface area contributed by atoms with Gasteiger partial charge in [-0.05, 0) is 36.8 Å². The standard InChI is InChI=1S/C14H10BrF2NO/c1-7-4-10(13(17)6-12(7)16)14(19)9-5-8(18)2-3-11(9)15/h2-6H,18H2,1H3. The van der Waals surface area contributed by atoms with Crippen molar-refractivity contribution in [2.24, 2.45) is 0 Å². The molecule has 0 fully saturated rings. The second kappa shape index (κ2) is 5.09. The van der Waals surface area contributed by atoms with Gasteiger partial charge < -0.3 is 5.73 Å². The van der Waals surface area contributed by atoms with Crippen molar-refractivity contribution < 1.29 is 13.6 Å². The topological polar surface area (TPSA) is 43.1 Å². The molecule has 2 nitrogen and oxygen atoms in total. The van der Waals surface area contributed by atoms with Crippen LogP contribution in [0.1, 0.15) is 21.5 Å². The summed E-state index contributed by atoms with van der Waals surface area (Å²) >= 11 is 3.21.